The minimum Gasteiger partial charge on any atom is -0.494 e. The predicted octanol–water partition coefficient (Wildman–Crippen LogP) is 5.68. The first-order chi connectivity index (χ1) is 13.3. The summed E-state index contributed by atoms with van der Waals surface area (Å²) in [7, 11) is 1.51. The Balaban J connectivity index is 1.85. The van der Waals surface area contributed by atoms with Crippen LogP contribution in [0, 0.1) is 0 Å². The van der Waals surface area contributed by atoms with Gasteiger partial charge < -0.3 is 10.1 Å². The lowest BCUT2D eigenvalue weighted by atomic mass is 10.1. The number of anilines is 1. The molecular formula is C20H14ClF3N2O2. The van der Waals surface area contributed by atoms with Gasteiger partial charge in [0, 0.05) is 23.0 Å². The molecule has 2 aromatic carbocycles. The van der Waals surface area contributed by atoms with E-state index in [2.05, 4.69) is 10.3 Å². The van der Waals surface area contributed by atoms with Gasteiger partial charge in [-0.3, -0.25) is 9.78 Å². The first kappa shape index (κ1) is 19.7. The van der Waals surface area contributed by atoms with E-state index in [1.165, 1.54) is 31.4 Å². The molecule has 3 aromatic rings. The molecule has 0 aliphatic carbocycles. The van der Waals surface area contributed by atoms with Crippen LogP contribution in [0.15, 0.2) is 60.8 Å². The number of benzene rings is 2. The summed E-state index contributed by atoms with van der Waals surface area (Å²) in [6, 6.07) is 12.4. The molecule has 0 atom stereocenters. The molecule has 1 heterocycles. The molecule has 0 spiro atoms. The third-order valence-corrected chi connectivity index (χ3v) is 4.24. The molecule has 0 fully saturated rings. The Morgan fingerprint density at radius 2 is 1.89 bits per heavy atom. The van der Waals surface area contributed by atoms with Crippen LogP contribution in [0.4, 0.5) is 18.9 Å². The number of halogens is 4. The summed E-state index contributed by atoms with van der Waals surface area (Å²) in [5.74, 6) is -0.0636. The topological polar surface area (TPSA) is 51.2 Å². The number of hydrogen-bond donors (Lipinski definition) is 1. The number of carbonyl (C=O) groups is 1. The number of alkyl halides is 3. The van der Waals surface area contributed by atoms with E-state index in [4.69, 9.17) is 16.3 Å². The van der Waals surface area contributed by atoms with Crippen molar-refractivity contribution in [2.45, 2.75) is 6.18 Å². The standard InChI is InChI=1S/C20H14ClF3N2O2/c1-28-17-6-3-9-25-18(17)15-8-7-12(10-16(15)21)19(27)26-14-5-2-4-13(11-14)20(22,23)24/h2-11H,1H3,(H,26,27). The molecule has 0 saturated heterocycles. The molecule has 0 aliphatic heterocycles. The monoisotopic (exact) mass is 406 g/mol. The van der Waals surface area contributed by atoms with Crippen LogP contribution in [0.2, 0.25) is 5.02 Å². The Labute approximate surface area is 163 Å². The van der Waals surface area contributed by atoms with Crippen LogP contribution in [0.25, 0.3) is 11.3 Å². The molecule has 28 heavy (non-hydrogen) atoms. The zero-order valence-electron chi connectivity index (χ0n) is 14.5. The van der Waals surface area contributed by atoms with Crippen LogP contribution in [0.1, 0.15) is 15.9 Å². The van der Waals surface area contributed by atoms with Crippen molar-refractivity contribution < 1.29 is 22.7 Å². The fourth-order valence-corrected chi connectivity index (χ4v) is 2.85. The maximum Gasteiger partial charge on any atom is 0.416 e. The molecule has 1 aromatic heterocycles. The van der Waals surface area contributed by atoms with Crippen molar-refractivity contribution in [2.24, 2.45) is 0 Å². The third-order valence-electron chi connectivity index (χ3n) is 3.92. The molecule has 0 radical (unpaired) electrons. The van der Waals surface area contributed by atoms with Gasteiger partial charge in [-0.2, -0.15) is 13.2 Å². The summed E-state index contributed by atoms with van der Waals surface area (Å²) in [5.41, 5.74) is 0.461. The van der Waals surface area contributed by atoms with Crippen LogP contribution >= 0.6 is 11.6 Å². The average molecular weight is 407 g/mol. The van der Waals surface area contributed by atoms with Gasteiger partial charge in [0.25, 0.3) is 5.91 Å². The van der Waals surface area contributed by atoms with E-state index >= 15 is 0 Å². The van der Waals surface area contributed by atoms with Gasteiger partial charge in [-0.15, -0.1) is 0 Å². The summed E-state index contributed by atoms with van der Waals surface area (Å²) in [6.45, 7) is 0. The second-order valence-corrected chi connectivity index (χ2v) is 6.19. The van der Waals surface area contributed by atoms with Gasteiger partial charge in [-0.05, 0) is 42.5 Å². The Morgan fingerprint density at radius 1 is 1.11 bits per heavy atom. The van der Waals surface area contributed by atoms with Crippen molar-refractivity contribution in [1.29, 1.82) is 0 Å². The summed E-state index contributed by atoms with van der Waals surface area (Å²) in [4.78, 5) is 16.6. The number of pyridine rings is 1. The molecule has 1 amide bonds. The number of hydrogen-bond acceptors (Lipinski definition) is 3. The molecule has 0 aliphatic rings. The van der Waals surface area contributed by atoms with Crippen molar-refractivity contribution in [1.82, 2.24) is 4.98 Å². The van der Waals surface area contributed by atoms with Crippen LogP contribution in [-0.4, -0.2) is 18.0 Å². The average Bonchev–Trinajstić information content (AvgIpc) is 2.67. The zero-order valence-corrected chi connectivity index (χ0v) is 15.3. The first-order valence-corrected chi connectivity index (χ1v) is 8.45. The number of aromatic nitrogens is 1. The Bertz CT molecular complexity index is 1020. The molecule has 0 bridgehead atoms. The van der Waals surface area contributed by atoms with E-state index in [1.54, 1.807) is 24.4 Å². The van der Waals surface area contributed by atoms with Gasteiger partial charge in [-0.25, -0.2) is 0 Å². The second-order valence-electron chi connectivity index (χ2n) is 5.78. The van der Waals surface area contributed by atoms with Crippen molar-refractivity contribution in [3.8, 4) is 17.0 Å². The molecule has 4 nitrogen and oxygen atoms in total. The SMILES string of the molecule is COc1cccnc1-c1ccc(C(=O)Nc2cccc(C(F)(F)F)c2)cc1Cl. The number of amides is 1. The van der Waals surface area contributed by atoms with Crippen LogP contribution in [0.3, 0.4) is 0 Å². The third kappa shape index (κ3) is 4.26. The smallest absolute Gasteiger partial charge is 0.416 e. The van der Waals surface area contributed by atoms with E-state index in [1.807, 2.05) is 0 Å². The number of rotatable bonds is 4. The van der Waals surface area contributed by atoms with Crippen molar-refractivity contribution >= 4 is 23.2 Å². The van der Waals surface area contributed by atoms with Crippen molar-refractivity contribution in [2.75, 3.05) is 12.4 Å². The van der Waals surface area contributed by atoms with Gasteiger partial charge >= 0.3 is 6.18 Å². The minimum absolute atomic E-state index is 0.0337. The van der Waals surface area contributed by atoms with Crippen molar-refractivity contribution in [3.63, 3.8) is 0 Å². The van der Waals surface area contributed by atoms with E-state index in [9.17, 15) is 18.0 Å². The normalized spacial score (nSPS) is 11.2. The van der Waals surface area contributed by atoms with E-state index in [0.717, 1.165) is 12.1 Å². The number of nitrogens with one attached hydrogen (secondary N) is 1. The van der Waals surface area contributed by atoms with E-state index in [-0.39, 0.29) is 16.3 Å². The van der Waals surface area contributed by atoms with Gasteiger partial charge in [0.2, 0.25) is 0 Å². The largest absolute Gasteiger partial charge is 0.494 e. The Hall–Kier alpha value is -3.06. The van der Waals surface area contributed by atoms with E-state index < -0.39 is 17.6 Å². The fourth-order valence-electron chi connectivity index (χ4n) is 2.58. The quantitative estimate of drug-likeness (QED) is 0.606. The lowest BCUT2D eigenvalue weighted by molar-refractivity contribution is -0.137. The molecule has 0 unspecified atom stereocenters. The minimum atomic E-state index is -4.49. The van der Waals surface area contributed by atoms with Gasteiger partial charge in [-0.1, -0.05) is 23.7 Å². The molecular weight excluding hydrogens is 393 g/mol. The van der Waals surface area contributed by atoms with Gasteiger partial charge in [0.15, 0.2) is 0 Å². The molecule has 144 valence electrons. The predicted molar refractivity (Wildman–Crippen MR) is 101 cm³/mol. The van der Waals surface area contributed by atoms with E-state index in [0.29, 0.717) is 17.0 Å². The van der Waals surface area contributed by atoms with Crippen molar-refractivity contribution in [3.05, 3.63) is 76.9 Å². The summed E-state index contributed by atoms with van der Waals surface area (Å²) < 4.78 is 43.7. The fraction of sp³-hybridized carbons (Fsp3) is 0.100. The number of ether oxygens (including phenoxy) is 1. The van der Waals surface area contributed by atoms with Gasteiger partial charge in [0.1, 0.15) is 11.4 Å². The number of nitrogens with zero attached hydrogens (tertiary/aromatic N) is 1. The molecule has 0 saturated carbocycles. The van der Waals surface area contributed by atoms with Gasteiger partial charge in [0.05, 0.1) is 17.7 Å². The van der Waals surface area contributed by atoms with Crippen LogP contribution < -0.4 is 10.1 Å². The highest BCUT2D eigenvalue weighted by molar-refractivity contribution is 6.33. The Morgan fingerprint density at radius 3 is 2.57 bits per heavy atom. The Kier molecular flexibility index (Phi) is 5.56. The lowest BCUT2D eigenvalue weighted by Gasteiger charge is -2.12. The number of carbonyl (C=O) groups excluding carboxylic acids is 1. The lowest BCUT2D eigenvalue weighted by Crippen LogP contribution is -2.13. The highest BCUT2D eigenvalue weighted by atomic mass is 35.5. The number of methoxy groups -OCH3 is 1. The zero-order chi connectivity index (χ0) is 20.3. The summed E-state index contributed by atoms with van der Waals surface area (Å²) in [5, 5.41) is 2.70. The van der Waals surface area contributed by atoms with Crippen LogP contribution in [-0.2, 0) is 6.18 Å². The molecule has 1 N–H and O–H groups in total. The maximum absolute atomic E-state index is 12.8. The maximum atomic E-state index is 12.8. The molecule has 8 heteroatoms. The highest BCUT2D eigenvalue weighted by Gasteiger charge is 2.30. The highest BCUT2D eigenvalue weighted by Crippen LogP contribution is 2.34. The summed E-state index contributed by atoms with van der Waals surface area (Å²) in [6.07, 6.45) is -2.91. The van der Waals surface area contributed by atoms with Crippen LogP contribution in [0.5, 0.6) is 5.75 Å². The first-order valence-electron chi connectivity index (χ1n) is 8.07. The summed E-state index contributed by atoms with van der Waals surface area (Å²) >= 11 is 6.30. The second kappa shape index (κ2) is 7.90. The molecule has 3 rings (SSSR count).